The van der Waals surface area contributed by atoms with Crippen molar-refractivity contribution in [3.63, 3.8) is 0 Å². The average molecular weight is 688 g/mol. The van der Waals surface area contributed by atoms with Crippen molar-refractivity contribution in [2.24, 2.45) is 5.92 Å². The first-order valence-corrected chi connectivity index (χ1v) is 19.3. The molecule has 0 radical (unpaired) electrons. The van der Waals surface area contributed by atoms with Gasteiger partial charge in [-0.15, -0.1) is 0 Å². The quantitative estimate of drug-likeness (QED) is 0.188. The standard InChI is InChI=1S/C50H45N3/c1-4-44-47(34-19-10-6-11-20-34)51-49(35-21-12-7-13-22-35)53(44)38-24-16-23-37(32-38)52-45-30-27-36(33-17-8-5-9-18-33)31-42(45)41-29-28-40-39-25-14-15-26-43(39)50(2,3)46(40)48(41)52/h5-19,21-32,34,44,47,49,51H,4,20H2,1-3H3. The second-order valence-electron chi connectivity index (χ2n) is 15.6. The highest BCUT2D eigenvalue weighted by Crippen LogP contribution is 2.53. The van der Waals surface area contributed by atoms with Gasteiger partial charge in [-0.2, -0.15) is 0 Å². The highest BCUT2D eigenvalue weighted by Gasteiger charge is 2.43. The molecule has 0 saturated carbocycles. The number of nitrogens with one attached hydrogen (secondary N) is 1. The third kappa shape index (κ3) is 4.98. The van der Waals surface area contributed by atoms with Crippen molar-refractivity contribution in [1.82, 2.24) is 9.88 Å². The first kappa shape index (κ1) is 32.0. The van der Waals surface area contributed by atoms with Crippen molar-refractivity contribution in [3.8, 4) is 27.9 Å². The fourth-order valence-corrected chi connectivity index (χ4v) is 9.93. The van der Waals surface area contributed by atoms with E-state index < -0.39 is 0 Å². The Balaban J connectivity index is 1.20. The Kier molecular flexibility index (Phi) is 7.56. The summed E-state index contributed by atoms with van der Waals surface area (Å²) >= 11 is 0. The lowest BCUT2D eigenvalue weighted by Gasteiger charge is -2.34. The Labute approximate surface area is 312 Å². The Morgan fingerprint density at radius 1 is 0.679 bits per heavy atom. The Morgan fingerprint density at radius 3 is 2.25 bits per heavy atom. The van der Waals surface area contributed by atoms with Crippen LogP contribution < -0.4 is 10.2 Å². The predicted molar refractivity (Wildman–Crippen MR) is 223 cm³/mol. The molecule has 1 saturated heterocycles. The van der Waals surface area contributed by atoms with E-state index in [1.54, 1.807) is 0 Å². The van der Waals surface area contributed by atoms with Crippen LogP contribution in [-0.2, 0) is 5.41 Å². The van der Waals surface area contributed by atoms with E-state index in [-0.39, 0.29) is 11.6 Å². The molecule has 1 aliphatic heterocycles. The maximum Gasteiger partial charge on any atom is 0.106 e. The van der Waals surface area contributed by atoms with E-state index in [0.717, 1.165) is 12.8 Å². The SMILES string of the molecule is CCC1C(C2C=CC=CC2)NC(c2ccccc2)N1c1cccc(-n2c3ccc(-c4ccccc4)cc3c3ccc4c(c32)C(C)(C)c2ccccc2-4)c1. The summed E-state index contributed by atoms with van der Waals surface area (Å²) in [5, 5.41) is 6.74. The van der Waals surface area contributed by atoms with Crippen LogP contribution in [0.15, 0.2) is 164 Å². The molecule has 6 aromatic carbocycles. The van der Waals surface area contributed by atoms with Crippen LogP contribution in [0.5, 0.6) is 0 Å². The Morgan fingerprint density at radius 2 is 1.45 bits per heavy atom. The van der Waals surface area contributed by atoms with Crippen molar-refractivity contribution in [3.05, 3.63) is 181 Å². The minimum absolute atomic E-state index is 0.0740. The van der Waals surface area contributed by atoms with E-state index in [9.17, 15) is 0 Å². The van der Waals surface area contributed by atoms with Crippen LogP contribution in [0, 0.1) is 5.92 Å². The summed E-state index contributed by atoms with van der Waals surface area (Å²) in [5.74, 6) is 0.451. The van der Waals surface area contributed by atoms with Gasteiger partial charge in [0, 0.05) is 39.6 Å². The number of hydrogen-bond acceptors (Lipinski definition) is 2. The summed E-state index contributed by atoms with van der Waals surface area (Å²) in [6, 6.07) is 52.7. The Hall–Kier alpha value is -5.64. The number of fused-ring (bicyclic) bond motifs is 7. The van der Waals surface area contributed by atoms with E-state index in [1.807, 2.05) is 0 Å². The van der Waals surface area contributed by atoms with Gasteiger partial charge in [-0.05, 0) is 88.0 Å². The van der Waals surface area contributed by atoms with E-state index in [0.29, 0.717) is 18.0 Å². The van der Waals surface area contributed by atoms with Gasteiger partial charge in [0.15, 0.2) is 0 Å². The molecule has 2 aliphatic carbocycles. The van der Waals surface area contributed by atoms with Crippen LogP contribution in [0.3, 0.4) is 0 Å². The van der Waals surface area contributed by atoms with Crippen molar-refractivity contribution in [1.29, 1.82) is 0 Å². The number of benzene rings is 6. The van der Waals surface area contributed by atoms with Crippen molar-refractivity contribution in [2.45, 2.75) is 57.3 Å². The molecule has 3 nitrogen and oxygen atoms in total. The maximum atomic E-state index is 4.15. The third-order valence-electron chi connectivity index (χ3n) is 12.3. The largest absolute Gasteiger partial charge is 0.347 e. The molecule has 7 aromatic rings. The van der Waals surface area contributed by atoms with Crippen molar-refractivity contribution >= 4 is 27.5 Å². The molecular formula is C50H45N3. The molecule has 0 spiro atoms. The molecule has 53 heavy (non-hydrogen) atoms. The molecule has 2 heterocycles. The summed E-state index contributed by atoms with van der Waals surface area (Å²) in [7, 11) is 0. The molecule has 3 aliphatic rings. The van der Waals surface area contributed by atoms with Crippen LogP contribution in [0.25, 0.3) is 49.7 Å². The third-order valence-corrected chi connectivity index (χ3v) is 12.3. The van der Waals surface area contributed by atoms with E-state index in [4.69, 9.17) is 0 Å². The molecular weight excluding hydrogens is 643 g/mol. The molecule has 1 fully saturated rings. The molecule has 4 unspecified atom stereocenters. The van der Waals surface area contributed by atoms with Gasteiger partial charge in [0.2, 0.25) is 0 Å². The second-order valence-corrected chi connectivity index (χ2v) is 15.6. The van der Waals surface area contributed by atoms with Gasteiger partial charge >= 0.3 is 0 Å². The van der Waals surface area contributed by atoms with E-state index in [2.05, 4.69) is 199 Å². The van der Waals surface area contributed by atoms with E-state index in [1.165, 1.54) is 72.1 Å². The first-order chi connectivity index (χ1) is 26.0. The monoisotopic (exact) mass is 687 g/mol. The lowest BCUT2D eigenvalue weighted by molar-refractivity contribution is 0.404. The number of rotatable bonds is 6. The number of hydrogen-bond donors (Lipinski definition) is 1. The average Bonchev–Trinajstić information content (AvgIpc) is 3.84. The molecule has 0 bridgehead atoms. The van der Waals surface area contributed by atoms with Gasteiger partial charge in [0.1, 0.15) is 6.17 Å². The topological polar surface area (TPSA) is 20.2 Å². The number of anilines is 1. The van der Waals surface area contributed by atoms with Crippen LogP contribution in [0.1, 0.15) is 56.5 Å². The summed E-state index contributed by atoms with van der Waals surface area (Å²) in [5.41, 5.74) is 14.1. The zero-order valence-corrected chi connectivity index (χ0v) is 30.7. The highest BCUT2D eigenvalue weighted by atomic mass is 15.4. The number of aromatic nitrogens is 1. The maximum absolute atomic E-state index is 4.15. The van der Waals surface area contributed by atoms with Gasteiger partial charge < -0.3 is 9.47 Å². The lowest BCUT2D eigenvalue weighted by atomic mass is 9.81. The summed E-state index contributed by atoms with van der Waals surface area (Å²) in [6.45, 7) is 7.17. The molecule has 4 atom stereocenters. The lowest BCUT2D eigenvalue weighted by Crippen LogP contribution is -2.40. The molecule has 0 amide bonds. The normalized spacial score (nSPS) is 21.4. The second kappa shape index (κ2) is 12.5. The summed E-state index contributed by atoms with van der Waals surface area (Å²) in [4.78, 5) is 2.68. The molecule has 3 heteroatoms. The van der Waals surface area contributed by atoms with Gasteiger partial charge in [-0.25, -0.2) is 0 Å². The van der Waals surface area contributed by atoms with Gasteiger partial charge in [-0.3, -0.25) is 5.32 Å². The smallest absolute Gasteiger partial charge is 0.106 e. The summed E-state index contributed by atoms with van der Waals surface area (Å²) in [6.07, 6.45) is 11.3. The van der Waals surface area contributed by atoms with Crippen molar-refractivity contribution in [2.75, 3.05) is 4.90 Å². The van der Waals surface area contributed by atoms with Crippen LogP contribution in [0.4, 0.5) is 5.69 Å². The van der Waals surface area contributed by atoms with E-state index >= 15 is 0 Å². The summed E-state index contributed by atoms with van der Waals surface area (Å²) < 4.78 is 2.57. The zero-order valence-electron chi connectivity index (χ0n) is 30.7. The van der Waals surface area contributed by atoms with Crippen LogP contribution in [-0.4, -0.2) is 16.7 Å². The van der Waals surface area contributed by atoms with Crippen molar-refractivity contribution < 1.29 is 0 Å². The number of nitrogens with zero attached hydrogens (tertiary/aromatic N) is 2. The molecule has 10 rings (SSSR count). The molecule has 260 valence electrons. The van der Waals surface area contributed by atoms with Gasteiger partial charge in [0.25, 0.3) is 0 Å². The fraction of sp³-hybridized carbons (Fsp3) is 0.200. The van der Waals surface area contributed by atoms with Gasteiger partial charge in [-0.1, -0.05) is 154 Å². The minimum Gasteiger partial charge on any atom is -0.347 e. The zero-order chi connectivity index (χ0) is 35.7. The van der Waals surface area contributed by atoms with Gasteiger partial charge in [0.05, 0.1) is 11.0 Å². The predicted octanol–water partition coefficient (Wildman–Crippen LogP) is 12.1. The number of allylic oxidation sites excluding steroid dienone is 3. The Bertz CT molecular complexity index is 2560. The fourth-order valence-electron chi connectivity index (χ4n) is 9.93. The molecule has 1 aromatic heterocycles. The minimum atomic E-state index is -0.156. The van der Waals surface area contributed by atoms with Crippen LogP contribution >= 0.6 is 0 Å². The van der Waals surface area contributed by atoms with Crippen LogP contribution in [0.2, 0.25) is 0 Å². The first-order valence-electron chi connectivity index (χ1n) is 19.3. The molecule has 1 N–H and O–H groups in total. The highest BCUT2D eigenvalue weighted by molar-refractivity contribution is 6.14.